The quantitative estimate of drug-likeness (QED) is 0.259. The number of sulfonamides is 1. The number of carbonyl (C=O) groups excluding carboxylic acids is 1. The molecule has 1 amide bonds. The molecule has 0 fully saturated rings. The van der Waals surface area contributed by atoms with Crippen LogP contribution in [0.25, 0.3) is 0 Å². The van der Waals surface area contributed by atoms with Crippen LogP contribution in [0.15, 0.2) is 24.3 Å². The lowest BCUT2D eigenvalue weighted by atomic mass is 10.0. The topological polar surface area (TPSA) is 98.5 Å². The zero-order valence-corrected chi connectivity index (χ0v) is 20.2. The molecule has 178 valence electrons. The van der Waals surface area contributed by atoms with Crippen molar-refractivity contribution >= 4 is 21.6 Å². The smallest absolute Gasteiger partial charge is 0.258 e. The summed E-state index contributed by atoms with van der Waals surface area (Å²) < 4.78 is 32.3. The highest BCUT2D eigenvalue weighted by Gasteiger charge is 2.17. The van der Waals surface area contributed by atoms with Crippen LogP contribution in [-0.2, 0) is 14.8 Å². The predicted molar refractivity (Wildman–Crippen MR) is 129 cm³/mol. The molecule has 0 heterocycles. The highest BCUT2D eigenvalue weighted by molar-refractivity contribution is 7.92. The van der Waals surface area contributed by atoms with Crippen LogP contribution < -0.4 is 15.2 Å². The number of benzene rings is 1. The molecule has 1 rings (SSSR count). The number of carbonyl (C=O) groups is 1. The van der Waals surface area contributed by atoms with Gasteiger partial charge in [-0.15, -0.1) is 0 Å². The number of hydrogen-bond donors (Lipinski definition) is 2. The van der Waals surface area contributed by atoms with Gasteiger partial charge in [-0.25, -0.2) is 8.42 Å². The lowest BCUT2D eigenvalue weighted by Gasteiger charge is -2.16. The number of amides is 1. The Kier molecular flexibility index (Phi) is 14.0. The Morgan fingerprint density at radius 3 is 1.90 bits per heavy atom. The Morgan fingerprint density at radius 2 is 1.39 bits per heavy atom. The maximum Gasteiger partial charge on any atom is 0.258 e. The molecule has 0 saturated heterocycles. The van der Waals surface area contributed by atoms with Crippen LogP contribution in [0.3, 0.4) is 0 Å². The standard InChI is InChI=1S/C24H42N2O4S/c1-3-5-7-8-9-10-11-12-13-14-15-23(24(25)27)30-22-18-16-21(17-19-22)26-31(28,29)20-6-4-2/h16-19,23,26H,3-15,20H2,1-2H3,(H2,25,27). The Balaban J connectivity index is 2.33. The normalized spacial score (nSPS) is 12.5. The Morgan fingerprint density at radius 1 is 0.871 bits per heavy atom. The molecule has 1 atom stereocenters. The summed E-state index contributed by atoms with van der Waals surface area (Å²) in [5, 5.41) is 0. The van der Waals surface area contributed by atoms with Gasteiger partial charge >= 0.3 is 0 Å². The molecule has 31 heavy (non-hydrogen) atoms. The second-order valence-corrected chi connectivity index (χ2v) is 10.1. The van der Waals surface area contributed by atoms with E-state index in [1.165, 1.54) is 51.4 Å². The van der Waals surface area contributed by atoms with Gasteiger partial charge in [-0.05, 0) is 43.5 Å². The average Bonchev–Trinajstić information content (AvgIpc) is 2.73. The van der Waals surface area contributed by atoms with Crippen molar-refractivity contribution in [1.29, 1.82) is 0 Å². The fraction of sp³-hybridized carbons (Fsp3) is 0.708. The van der Waals surface area contributed by atoms with Gasteiger partial charge < -0.3 is 10.5 Å². The van der Waals surface area contributed by atoms with E-state index >= 15 is 0 Å². The summed E-state index contributed by atoms with van der Waals surface area (Å²) in [4.78, 5) is 11.8. The van der Waals surface area contributed by atoms with Crippen LogP contribution in [0.2, 0.25) is 0 Å². The molecule has 1 aromatic carbocycles. The molecular formula is C24H42N2O4S. The summed E-state index contributed by atoms with van der Waals surface area (Å²) in [7, 11) is -3.34. The fourth-order valence-electron chi connectivity index (χ4n) is 3.41. The van der Waals surface area contributed by atoms with Crippen molar-refractivity contribution in [1.82, 2.24) is 0 Å². The minimum Gasteiger partial charge on any atom is -0.481 e. The predicted octanol–water partition coefficient (Wildman–Crippen LogP) is 5.77. The monoisotopic (exact) mass is 454 g/mol. The van der Waals surface area contributed by atoms with Crippen LogP contribution in [0.4, 0.5) is 5.69 Å². The van der Waals surface area contributed by atoms with E-state index in [-0.39, 0.29) is 5.75 Å². The molecule has 0 spiro atoms. The molecular weight excluding hydrogens is 412 g/mol. The van der Waals surface area contributed by atoms with E-state index in [1.54, 1.807) is 24.3 Å². The lowest BCUT2D eigenvalue weighted by molar-refractivity contribution is -0.125. The van der Waals surface area contributed by atoms with Gasteiger partial charge in [0.15, 0.2) is 6.10 Å². The third-order valence-electron chi connectivity index (χ3n) is 5.31. The Labute approximate surface area is 189 Å². The molecule has 0 radical (unpaired) electrons. The minimum atomic E-state index is -3.34. The number of ether oxygens (including phenoxy) is 1. The van der Waals surface area contributed by atoms with E-state index < -0.39 is 22.0 Å². The van der Waals surface area contributed by atoms with E-state index in [1.807, 2.05) is 6.92 Å². The van der Waals surface area contributed by atoms with Crippen LogP contribution in [-0.4, -0.2) is 26.2 Å². The maximum absolute atomic E-state index is 12.0. The molecule has 0 saturated carbocycles. The maximum atomic E-state index is 12.0. The SMILES string of the molecule is CCCCCCCCCCCCC(Oc1ccc(NS(=O)(=O)CCCC)cc1)C(N)=O. The second kappa shape index (κ2) is 16.0. The first-order valence-electron chi connectivity index (χ1n) is 11.9. The Hall–Kier alpha value is -1.76. The zero-order chi connectivity index (χ0) is 23.0. The highest BCUT2D eigenvalue weighted by Crippen LogP contribution is 2.20. The summed E-state index contributed by atoms with van der Waals surface area (Å²) in [6.07, 6.45) is 13.7. The first-order chi connectivity index (χ1) is 14.9. The number of anilines is 1. The van der Waals surface area contributed by atoms with Crippen molar-refractivity contribution in [3.8, 4) is 5.75 Å². The largest absolute Gasteiger partial charge is 0.481 e. The number of hydrogen-bond acceptors (Lipinski definition) is 4. The molecule has 0 aromatic heterocycles. The molecule has 6 nitrogen and oxygen atoms in total. The summed E-state index contributed by atoms with van der Waals surface area (Å²) in [6, 6.07) is 6.59. The van der Waals surface area contributed by atoms with E-state index in [0.717, 1.165) is 19.3 Å². The number of rotatable bonds is 19. The summed E-state index contributed by atoms with van der Waals surface area (Å²) >= 11 is 0. The van der Waals surface area contributed by atoms with Gasteiger partial charge in [0.05, 0.1) is 5.75 Å². The molecule has 0 bridgehead atoms. The molecule has 1 unspecified atom stereocenters. The van der Waals surface area contributed by atoms with Crippen molar-refractivity contribution in [2.75, 3.05) is 10.5 Å². The van der Waals surface area contributed by atoms with Crippen LogP contribution >= 0.6 is 0 Å². The molecule has 1 aromatic rings. The number of nitrogens with one attached hydrogen (secondary N) is 1. The van der Waals surface area contributed by atoms with Crippen molar-refractivity contribution < 1.29 is 17.9 Å². The van der Waals surface area contributed by atoms with Gasteiger partial charge in [-0.2, -0.15) is 0 Å². The number of unbranched alkanes of at least 4 members (excludes halogenated alkanes) is 10. The van der Waals surface area contributed by atoms with Crippen molar-refractivity contribution in [3.05, 3.63) is 24.3 Å². The van der Waals surface area contributed by atoms with E-state index in [0.29, 0.717) is 24.3 Å². The van der Waals surface area contributed by atoms with Gasteiger partial charge in [-0.1, -0.05) is 78.1 Å². The summed E-state index contributed by atoms with van der Waals surface area (Å²) in [6.45, 7) is 4.18. The second-order valence-electron chi connectivity index (χ2n) is 8.28. The first kappa shape index (κ1) is 27.3. The molecule has 3 N–H and O–H groups in total. The lowest BCUT2D eigenvalue weighted by Crippen LogP contribution is -2.33. The molecule has 0 aliphatic rings. The van der Waals surface area contributed by atoms with E-state index in [4.69, 9.17) is 10.5 Å². The van der Waals surface area contributed by atoms with Gasteiger partial charge in [-0.3, -0.25) is 9.52 Å². The zero-order valence-electron chi connectivity index (χ0n) is 19.4. The van der Waals surface area contributed by atoms with Gasteiger partial charge in [0.1, 0.15) is 5.75 Å². The molecule has 7 heteroatoms. The molecule has 0 aliphatic carbocycles. The van der Waals surface area contributed by atoms with Crippen molar-refractivity contribution in [3.63, 3.8) is 0 Å². The first-order valence-corrected chi connectivity index (χ1v) is 13.6. The average molecular weight is 455 g/mol. The van der Waals surface area contributed by atoms with E-state index in [2.05, 4.69) is 11.6 Å². The van der Waals surface area contributed by atoms with Crippen molar-refractivity contribution in [2.45, 2.75) is 103 Å². The third kappa shape index (κ3) is 13.3. The van der Waals surface area contributed by atoms with Gasteiger partial charge in [0.2, 0.25) is 10.0 Å². The number of primary amides is 1. The van der Waals surface area contributed by atoms with Gasteiger partial charge in [0.25, 0.3) is 5.91 Å². The van der Waals surface area contributed by atoms with Crippen LogP contribution in [0, 0.1) is 0 Å². The fourth-order valence-corrected chi connectivity index (χ4v) is 4.67. The number of nitrogens with two attached hydrogens (primary N) is 1. The molecule has 0 aliphatic heterocycles. The van der Waals surface area contributed by atoms with Crippen LogP contribution in [0.5, 0.6) is 5.75 Å². The minimum absolute atomic E-state index is 0.102. The van der Waals surface area contributed by atoms with Gasteiger partial charge in [0, 0.05) is 5.69 Å². The third-order valence-corrected chi connectivity index (χ3v) is 6.68. The summed E-state index contributed by atoms with van der Waals surface area (Å²) in [5.41, 5.74) is 5.99. The highest BCUT2D eigenvalue weighted by atomic mass is 32.2. The van der Waals surface area contributed by atoms with Crippen molar-refractivity contribution in [2.24, 2.45) is 5.73 Å². The van der Waals surface area contributed by atoms with E-state index in [9.17, 15) is 13.2 Å². The Bertz CT molecular complexity index is 705. The van der Waals surface area contributed by atoms with Crippen LogP contribution in [0.1, 0.15) is 97.3 Å². The summed E-state index contributed by atoms with van der Waals surface area (Å²) in [5.74, 6) is 0.136.